The van der Waals surface area contributed by atoms with Gasteiger partial charge in [0.05, 0.1) is 22.2 Å². The van der Waals surface area contributed by atoms with Crippen molar-refractivity contribution in [3.8, 4) is 0 Å². The molecule has 2 heterocycles. The largest absolute Gasteiger partial charge is 0.465 e. The van der Waals surface area contributed by atoms with Crippen molar-refractivity contribution in [3.05, 3.63) is 65.8 Å². The van der Waals surface area contributed by atoms with Crippen LogP contribution < -0.4 is 11.1 Å². The fourth-order valence-corrected chi connectivity index (χ4v) is 4.74. The first-order valence-electron chi connectivity index (χ1n) is 12.2. The van der Waals surface area contributed by atoms with E-state index in [1.807, 2.05) is 20.8 Å². The lowest BCUT2D eigenvalue weighted by molar-refractivity contribution is -0.148. The van der Waals surface area contributed by atoms with Gasteiger partial charge in [-0.3, -0.25) is 19.0 Å². The number of halogens is 5. The molecule has 39 heavy (non-hydrogen) atoms. The van der Waals surface area contributed by atoms with Gasteiger partial charge >= 0.3 is 11.9 Å². The zero-order chi connectivity index (χ0) is 30.3. The lowest BCUT2D eigenvalue weighted by Gasteiger charge is -2.20. The Bertz CT molecular complexity index is 1170. The number of ether oxygens (including phenoxy) is 2. The highest BCUT2D eigenvalue weighted by Crippen LogP contribution is 2.20. The molecule has 8 nitrogen and oxygen atoms in total. The van der Waals surface area contributed by atoms with E-state index in [-0.39, 0.29) is 36.9 Å². The third kappa shape index (κ3) is 15.1. The van der Waals surface area contributed by atoms with Crippen LogP contribution in [0.1, 0.15) is 60.4 Å². The lowest BCUT2D eigenvalue weighted by Crippen LogP contribution is -2.32. The number of aromatic amines is 1. The van der Waals surface area contributed by atoms with Gasteiger partial charge in [0.1, 0.15) is 9.97 Å². The van der Waals surface area contributed by atoms with Crippen molar-refractivity contribution in [2.45, 2.75) is 64.4 Å². The summed E-state index contributed by atoms with van der Waals surface area (Å²) >= 11 is 7.93. The average Bonchev–Trinajstić information content (AvgIpc) is 2.83. The molecule has 2 unspecified atom stereocenters. The van der Waals surface area contributed by atoms with Crippen LogP contribution in [0.15, 0.2) is 43.1 Å². The number of carbonyl (C=O) groups is 2. The fraction of sp³-hybridized carbons (Fsp3) is 0.538. The second-order valence-electron chi connectivity index (χ2n) is 8.95. The van der Waals surface area contributed by atoms with Gasteiger partial charge < -0.3 is 14.5 Å². The van der Waals surface area contributed by atoms with Crippen molar-refractivity contribution in [3.63, 3.8) is 0 Å². The van der Waals surface area contributed by atoms with E-state index in [0.717, 1.165) is 35.5 Å². The Hall–Kier alpha value is -1.61. The Balaban J connectivity index is 0.000000611. The molecule has 0 amide bonds. The van der Waals surface area contributed by atoms with Crippen molar-refractivity contribution >= 4 is 66.4 Å². The predicted octanol–water partition coefficient (Wildman–Crippen LogP) is 6.58. The van der Waals surface area contributed by atoms with Crippen molar-refractivity contribution in [2.24, 2.45) is 11.8 Å². The molecule has 0 bridgehead atoms. The highest BCUT2D eigenvalue weighted by atomic mass is 127. The minimum Gasteiger partial charge on any atom is -0.465 e. The Labute approximate surface area is 257 Å². The topological polar surface area (TPSA) is 107 Å². The number of rotatable bonds is 9. The summed E-state index contributed by atoms with van der Waals surface area (Å²) in [6, 6.07) is 1.45. The molecule has 0 saturated heterocycles. The number of hydrogen-bond acceptors (Lipinski definition) is 6. The molecule has 13 heteroatoms. The summed E-state index contributed by atoms with van der Waals surface area (Å²) in [7, 11) is 0. The third-order valence-corrected chi connectivity index (χ3v) is 6.85. The molecule has 0 aliphatic rings. The molecule has 0 spiro atoms. The lowest BCUT2D eigenvalue weighted by atomic mass is 10.0. The quantitative estimate of drug-likeness (QED) is 0.175. The van der Waals surface area contributed by atoms with Crippen LogP contribution in [-0.4, -0.2) is 38.6 Å². The number of H-pyrrole nitrogens is 1. The average molecular weight is 796 g/mol. The van der Waals surface area contributed by atoms with Crippen molar-refractivity contribution < 1.29 is 27.8 Å². The van der Waals surface area contributed by atoms with Crippen LogP contribution in [0.2, 0.25) is 0 Å². The van der Waals surface area contributed by atoms with Gasteiger partial charge in [-0.05, 0) is 70.4 Å². The molecule has 0 aliphatic heterocycles. The van der Waals surface area contributed by atoms with E-state index in [9.17, 15) is 28.0 Å². The first-order valence-corrected chi connectivity index (χ1v) is 15.1. The number of esters is 2. The monoisotopic (exact) mass is 794 g/mol. The predicted molar refractivity (Wildman–Crippen MR) is 162 cm³/mol. The smallest absolute Gasteiger partial charge is 0.329 e. The van der Waals surface area contributed by atoms with Crippen LogP contribution >= 0.6 is 54.5 Å². The third-order valence-electron chi connectivity index (χ3n) is 4.62. The Morgan fingerprint density at radius 3 is 1.90 bits per heavy atom. The highest BCUT2D eigenvalue weighted by Gasteiger charge is 2.24. The summed E-state index contributed by atoms with van der Waals surface area (Å²) in [6.45, 7) is 12.3. The van der Waals surface area contributed by atoms with Gasteiger partial charge in [0.2, 0.25) is 5.56 Å². The second kappa shape index (κ2) is 19.5. The van der Waals surface area contributed by atoms with Gasteiger partial charge in [0.15, 0.2) is 11.6 Å². The van der Waals surface area contributed by atoms with Crippen LogP contribution in [0.3, 0.4) is 0 Å². The van der Waals surface area contributed by atoms with E-state index in [1.165, 1.54) is 0 Å². The second-order valence-corrected chi connectivity index (χ2v) is 12.2. The maximum atomic E-state index is 13.5. The van der Waals surface area contributed by atoms with Crippen LogP contribution in [0.4, 0.5) is 8.78 Å². The van der Waals surface area contributed by atoms with E-state index >= 15 is 0 Å². The van der Waals surface area contributed by atoms with Crippen molar-refractivity contribution in [2.75, 3.05) is 13.2 Å². The van der Waals surface area contributed by atoms with Gasteiger partial charge in [-0.1, -0.05) is 50.3 Å². The molecule has 0 radical (unpaired) electrons. The number of pyridine rings is 2. The SMILES string of the molecule is CCOC(=O)C(CC(C)C)n1cc(F)c(Br)cc1=O.CCOC(=O)C(I)CC(C)C.O=c1cc(Br)c(F)c[nH]1. The first-order chi connectivity index (χ1) is 18.1. The number of nitrogens with one attached hydrogen (secondary N) is 1. The van der Waals surface area contributed by atoms with Gasteiger partial charge in [-0.25, -0.2) is 13.6 Å². The van der Waals surface area contributed by atoms with Crippen LogP contribution in [0.25, 0.3) is 0 Å². The summed E-state index contributed by atoms with van der Waals surface area (Å²) in [5.41, 5.74) is -0.754. The summed E-state index contributed by atoms with van der Waals surface area (Å²) in [5, 5.41) is 0. The van der Waals surface area contributed by atoms with E-state index < -0.39 is 29.2 Å². The van der Waals surface area contributed by atoms with E-state index in [4.69, 9.17) is 9.47 Å². The molecule has 1 N–H and O–H groups in total. The van der Waals surface area contributed by atoms with Crippen LogP contribution in [-0.2, 0) is 19.1 Å². The van der Waals surface area contributed by atoms with Gasteiger partial charge in [-0.2, -0.15) is 0 Å². The van der Waals surface area contributed by atoms with Crippen molar-refractivity contribution in [1.82, 2.24) is 9.55 Å². The number of aromatic nitrogens is 2. The van der Waals surface area contributed by atoms with E-state index in [0.29, 0.717) is 18.9 Å². The fourth-order valence-electron chi connectivity index (χ4n) is 2.92. The minimum absolute atomic E-state index is 0.0209. The molecule has 0 aromatic carbocycles. The first kappa shape index (κ1) is 37.4. The molecule has 0 fully saturated rings. The van der Waals surface area contributed by atoms with Gasteiger partial charge in [-0.15, -0.1) is 0 Å². The standard InChI is InChI=1S/C13H17BrFNO3.C8H15IO2.C5H3BrFNO/c1-4-19-13(18)11(5-8(2)3)16-7-10(15)9(14)6-12(16)17;1-4-11-8(10)7(9)5-6(2)3;6-3-1-5(9)8-2-4(3)7/h6-8,11H,4-5H2,1-3H3;6-7H,4-5H2,1-3H3;1-2H,(H,8,9). The molecule has 0 aliphatic carbocycles. The molecule has 2 aromatic rings. The summed E-state index contributed by atoms with van der Waals surface area (Å²) in [4.78, 5) is 47.4. The van der Waals surface area contributed by atoms with E-state index in [1.54, 1.807) is 6.92 Å². The number of nitrogens with zero attached hydrogens (tertiary/aromatic N) is 1. The summed E-state index contributed by atoms with van der Waals surface area (Å²) < 4.78 is 37.0. The molecular weight excluding hydrogens is 761 g/mol. The zero-order valence-corrected chi connectivity index (χ0v) is 28.1. The maximum Gasteiger partial charge on any atom is 0.329 e. The zero-order valence-electron chi connectivity index (χ0n) is 22.7. The Kier molecular flexibility index (Phi) is 18.7. The normalized spacial score (nSPS) is 12.0. The number of alkyl halides is 1. The highest BCUT2D eigenvalue weighted by molar-refractivity contribution is 14.1. The molecule has 2 atom stereocenters. The Morgan fingerprint density at radius 1 is 0.923 bits per heavy atom. The minimum atomic E-state index is -0.796. The maximum absolute atomic E-state index is 13.5. The van der Waals surface area contributed by atoms with E-state index in [2.05, 4.69) is 73.3 Å². The molecule has 2 rings (SSSR count). The molecule has 2 aromatic heterocycles. The molecule has 220 valence electrons. The summed E-state index contributed by atoms with van der Waals surface area (Å²) in [5.74, 6) is -0.914. The van der Waals surface area contributed by atoms with Crippen LogP contribution in [0.5, 0.6) is 0 Å². The number of hydrogen-bond donors (Lipinski definition) is 1. The van der Waals surface area contributed by atoms with Gasteiger partial charge in [0, 0.05) is 24.5 Å². The van der Waals surface area contributed by atoms with Crippen molar-refractivity contribution in [1.29, 1.82) is 0 Å². The van der Waals surface area contributed by atoms with Crippen LogP contribution in [0, 0.1) is 23.5 Å². The number of carbonyl (C=O) groups excluding carboxylic acids is 2. The van der Waals surface area contributed by atoms with Gasteiger partial charge in [0.25, 0.3) is 5.56 Å². The molecule has 0 saturated carbocycles. The summed E-state index contributed by atoms with van der Waals surface area (Å²) in [6.07, 6.45) is 3.36. The molecular formula is C26H35Br2F2IN2O6. The Morgan fingerprint density at radius 2 is 1.44 bits per heavy atom.